The maximum absolute atomic E-state index is 5.61. The highest BCUT2D eigenvalue weighted by Gasteiger charge is 2.48. The van der Waals surface area contributed by atoms with E-state index in [-0.39, 0.29) is 0 Å². The molecule has 0 bridgehead atoms. The van der Waals surface area contributed by atoms with Crippen LogP contribution in [-0.4, -0.2) is 14.2 Å². The first kappa shape index (κ1) is 28.4. The molecular formula is C40H34O2S. The van der Waals surface area contributed by atoms with E-state index < -0.39 is 9.49 Å². The van der Waals surface area contributed by atoms with E-state index in [0.717, 1.165) is 11.5 Å². The van der Waals surface area contributed by atoms with Crippen LogP contribution < -0.4 is 9.47 Å². The van der Waals surface area contributed by atoms with E-state index in [2.05, 4.69) is 170 Å². The second-order valence-electron chi connectivity index (χ2n) is 10.4. The van der Waals surface area contributed by atoms with Crippen molar-refractivity contribution in [2.75, 3.05) is 14.2 Å². The Bertz CT molecular complexity index is 1510. The summed E-state index contributed by atoms with van der Waals surface area (Å²) in [5, 5.41) is 0. The zero-order valence-corrected chi connectivity index (χ0v) is 25.2. The van der Waals surface area contributed by atoms with Crippen LogP contribution in [0.5, 0.6) is 11.5 Å². The van der Waals surface area contributed by atoms with Gasteiger partial charge in [-0.1, -0.05) is 146 Å². The van der Waals surface area contributed by atoms with Gasteiger partial charge in [0.2, 0.25) is 0 Å². The molecule has 0 aliphatic rings. The summed E-state index contributed by atoms with van der Waals surface area (Å²) in [6, 6.07) is 60.5. The predicted molar refractivity (Wildman–Crippen MR) is 179 cm³/mol. The number of hydrogen-bond donors (Lipinski definition) is 0. The van der Waals surface area contributed by atoms with Crippen molar-refractivity contribution in [1.29, 1.82) is 0 Å². The lowest BCUT2D eigenvalue weighted by Gasteiger charge is -2.45. The third-order valence-corrected chi connectivity index (χ3v) is 10.0. The highest BCUT2D eigenvalue weighted by atomic mass is 32.2. The number of benzene rings is 6. The van der Waals surface area contributed by atoms with E-state index in [1.54, 1.807) is 14.2 Å². The summed E-state index contributed by atoms with van der Waals surface area (Å²) < 4.78 is 9.99. The lowest BCUT2D eigenvalue weighted by Crippen LogP contribution is -2.36. The quantitative estimate of drug-likeness (QED) is 0.151. The van der Waals surface area contributed by atoms with Gasteiger partial charge in [0, 0.05) is 0 Å². The van der Waals surface area contributed by atoms with E-state index in [4.69, 9.17) is 9.47 Å². The normalized spacial score (nSPS) is 11.6. The molecule has 6 aromatic rings. The van der Waals surface area contributed by atoms with Crippen LogP contribution in [0, 0.1) is 0 Å². The van der Waals surface area contributed by atoms with Gasteiger partial charge in [-0.05, 0) is 57.6 Å². The lowest BCUT2D eigenvalue weighted by molar-refractivity contribution is 0.414. The zero-order chi connectivity index (χ0) is 29.5. The molecule has 0 aliphatic heterocycles. The molecule has 0 aliphatic carbocycles. The van der Waals surface area contributed by atoms with Crippen LogP contribution in [0.3, 0.4) is 0 Å². The van der Waals surface area contributed by atoms with Gasteiger partial charge in [-0.2, -0.15) is 0 Å². The molecule has 2 nitrogen and oxygen atoms in total. The Morgan fingerprint density at radius 3 is 0.791 bits per heavy atom. The average molecular weight is 579 g/mol. The van der Waals surface area contributed by atoms with Gasteiger partial charge >= 0.3 is 0 Å². The summed E-state index contributed by atoms with van der Waals surface area (Å²) in [6.45, 7) is 0. The van der Waals surface area contributed by atoms with Gasteiger partial charge in [-0.25, -0.2) is 0 Å². The monoisotopic (exact) mass is 578 g/mol. The van der Waals surface area contributed by atoms with Crippen LogP contribution in [0.2, 0.25) is 0 Å². The molecule has 43 heavy (non-hydrogen) atoms. The van der Waals surface area contributed by atoms with Crippen LogP contribution in [0.15, 0.2) is 170 Å². The van der Waals surface area contributed by atoms with E-state index in [1.807, 2.05) is 11.8 Å². The molecule has 0 unspecified atom stereocenters. The molecule has 212 valence electrons. The first-order chi connectivity index (χ1) is 21.2. The summed E-state index contributed by atoms with van der Waals surface area (Å²) in [4.78, 5) is 0. The van der Waals surface area contributed by atoms with Crippen molar-refractivity contribution in [3.8, 4) is 11.5 Å². The standard InChI is InChI=1S/C40H34O2S/c1-41-37-27-23-35(24-28-37)39(31-15-7-3-8-16-31,32-17-9-4-10-18-32)43-40(33-19-11-5-12-20-33,34-21-13-6-14-22-34)36-25-29-38(42-2)30-26-36/h3-30H,1-2H3. The highest BCUT2D eigenvalue weighted by molar-refractivity contribution is 8.02. The van der Waals surface area contributed by atoms with Crippen LogP contribution in [0.4, 0.5) is 0 Å². The van der Waals surface area contributed by atoms with Gasteiger partial charge in [-0.3, -0.25) is 0 Å². The van der Waals surface area contributed by atoms with Crippen LogP contribution in [0.1, 0.15) is 33.4 Å². The van der Waals surface area contributed by atoms with Crippen molar-refractivity contribution in [3.05, 3.63) is 203 Å². The third kappa shape index (κ3) is 5.33. The lowest BCUT2D eigenvalue weighted by atomic mass is 9.82. The second-order valence-corrected chi connectivity index (χ2v) is 11.8. The fourth-order valence-corrected chi connectivity index (χ4v) is 7.91. The maximum atomic E-state index is 5.61. The Labute approximate surface area is 259 Å². The fourth-order valence-electron chi connectivity index (χ4n) is 5.93. The predicted octanol–water partition coefficient (Wildman–Crippen LogP) is 9.72. The molecule has 0 saturated heterocycles. The third-order valence-electron chi connectivity index (χ3n) is 8.02. The van der Waals surface area contributed by atoms with Crippen molar-refractivity contribution in [1.82, 2.24) is 0 Å². The largest absolute Gasteiger partial charge is 0.497 e. The molecule has 0 radical (unpaired) electrons. The summed E-state index contributed by atoms with van der Waals surface area (Å²) in [5.41, 5.74) is 7.12. The van der Waals surface area contributed by atoms with E-state index in [0.29, 0.717) is 0 Å². The summed E-state index contributed by atoms with van der Waals surface area (Å²) in [7, 11) is 3.43. The number of rotatable bonds is 10. The van der Waals surface area contributed by atoms with Gasteiger partial charge in [0.05, 0.1) is 23.7 Å². The van der Waals surface area contributed by atoms with Crippen molar-refractivity contribution >= 4 is 11.8 Å². The van der Waals surface area contributed by atoms with Gasteiger partial charge in [0.1, 0.15) is 11.5 Å². The number of thioether (sulfide) groups is 1. The second kappa shape index (κ2) is 12.6. The summed E-state index contributed by atoms with van der Waals surface area (Å²) in [6.07, 6.45) is 0. The Morgan fingerprint density at radius 2 is 0.558 bits per heavy atom. The minimum Gasteiger partial charge on any atom is -0.497 e. The Kier molecular flexibility index (Phi) is 8.35. The summed E-state index contributed by atoms with van der Waals surface area (Å²) >= 11 is 1.95. The molecule has 0 atom stereocenters. The van der Waals surface area contributed by atoms with Gasteiger partial charge < -0.3 is 9.47 Å². The molecule has 0 aromatic heterocycles. The van der Waals surface area contributed by atoms with Gasteiger partial charge in [0.15, 0.2) is 0 Å². The molecule has 0 N–H and O–H groups in total. The smallest absolute Gasteiger partial charge is 0.118 e. The van der Waals surface area contributed by atoms with Gasteiger partial charge in [-0.15, -0.1) is 11.8 Å². The minimum atomic E-state index is -0.611. The first-order valence-electron chi connectivity index (χ1n) is 14.4. The maximum Gasteiger partial charge on any atom is 0.118 e. The average Bonchev–Trinajstić information content (AvgIpc) is 3.11. The van der Waals surface area contributed by atoms with E-state index in [1.165, 1.54) is 33.4 Å². The van der Waals surface area contributed by atoms with E-state index in [9.17, 15) is 0 Å². The van der Waals surface area contributed by atoms with Crippen LogP contribution in [0.25, 0.3) is 0 Å². The number of ether oxygens (including phenoxy) is 2. The molecule has 3 heteroatoms. The minimum absolute atomic E-state index is 0.611. The topological polar surface area (TPSA) is 18.5 Å². The molecule has 0 heterocycles. The molecule has 0 spiro atoms. The number of hydrogen-bond acceptors (Lipinski definition) is 3. The van der Waals surface area contributed by atoms with E-state index >= 15 is 0 Å². The highest BCUT2D eigenvalue weighted by Crippen LogP contribution is 2.61. The zero-order valence-electron chi connectivity index (χ0n) is 24.4. The molecule has 0 saturated carbocycles. The molecule has 0 amide bonds. The molecule has 0 fully saturated rings. The fraction of sp³-hybridized carbons (Fsp3) is 0.100. The Balaban J connectivity index is 1.75. The Morgan fingerprint density at radius 1 is 0.326 bits per heavy atom. The summed E-state index contributed by atoms with van der Waals surface area (Å²) in [5.74, 6) is 1.66. The van der Waals surface area contributed by atoms with Crippen LogP contribution in [-0.2, 0) is 9.49 Å². The molecule has 6 aromatic carbocycles. The van der Waals surface area contributed by atoms with Gasteiger partial charge in [0.25, 0.3) is 0 Å². The Hall–Kier alpha value is -4.73. The molecule has 6 rings (SSSR count). The number of methoxy groups -OCH3 is 2. The molecular weight excluding hydrogens is 545 g/mol. The van der Waals surface area contributed by atoms with Crippen molar-refractivity contribution in [3.63, 3.8) is 0 Å². The first-order valence-corrected chi connectivity index (χ1v) is 15.2. The van der Waals surface area contributed by atoms with Crippen molar-refractivity contribution < 1.29 is 9.47 Å². The van der Waals surface area contributed by atoms with Crippen LogP contribution >= 0.6 is 11.8 Å². The SMILES string of the molecule is COc1ccc(C(SC(c2ccccc2)(c2ccccc2)c2ccc(OC)cc2)(c2ccccc2)c2ccccc2)cc1. The van der Waals surface area contributed by atoms with Crippen molar-refractivity contribution in [2.45, 2.75) is 9.49 Å². The van der Waals surface area contributed by atoms with Crippen molar-refractivity contribution in [2.24, 2.45) is 0 Å².